The van der Waals surface area contributed by atoms with Crippen LogP contribution in [-0.2, 0) is 10.1 Å². The van der Waals surface area contributed by atoms with E-state index in [2.05, 4.69) is 5.32 Å². The van der Waals surface area contributed by atoms with Crippen molar-refractivity contribution in [2.75, 3.05) is 11.9 Å². The fraction of sp³-hybridized carbons (Fsp3) is 0.222. The highest BCUT2D eigenvalue weighted by atomic mass is 32.2. The van der Waals surface area contributed by atoms with Gasteiger partial charge < -0.3 is 10.4 Å². The zero-order valence-corrected chi connectivity index (χ0v) is 9.28. The van der Waals surface area contributed by atoms with Gasteiger partial charge in [0, 0.05) is 6.54 Å². The Bertz CT molecular complexity index is 509. The van der Waals surface area contributed by atoms with Gasteiger partial charge in [-0.3, -0.25) is 4.55 Å². The van der Waals surface area contributed by atoms with Gasteiger partial charge in [0.1, 0.15) is 4.90 Å². The van der Waals surface area contributed by atoms with Crippen LogP contribution in [0.2, 0.25) is 0 Å². The number of benzene rings is 1. The maximum atomic E-state index is 11.0. The van der Waals surface area contributed by atoms with E-state index in [-0.39, 0.29) is 11.3 Å². The van der Waals surface area contributed by atoms with Gasteiger partial charge in [0.05, 0.1) is 11.3 Å². The second-order valence-corrected chi connectivity index (χ2v) is 4.38. The third-order valence-corrected chi connectivity index (χ3v) is 2.78. The molecule has 0 heterocycles. The summed E-state index contributed by atoms with van der Waals surface area (Å²) < 4.78 is 31.0. The molecule has 0 saturated carbocycles. The molecule has 0 saturated heterocycles. The predicted molar refractivity (Wildman–Crippen MR) is 57.4 cm³/mol. The average molecular weight is 245 g/mol. The van der Waals surface area contributed by atoms with E-state index in [9.17, 15) is 13.2 Å². The Kier molecular flexibility index (Phi) is 3.51. The van der Waals surface area contributed by atoms with Crippen molar-refractivity contribution < 1.29 is 22.9 Å². The maximum Gasteiger partial charge on any atom is 0.337 e. The van der Waals surface area contributed by atoms with Crippen LogP contribution in [0.1, 0.15) is 17.3 Å². The van der Waals surface area contributed by atoms with Crippen molar-refractivity contribution in [2.45, 2.75) is 11.8 Å². The van der Waals surface area contributed by atoms with Crippen molar-refractivity contribution in [3.63, 3.8) is 0 Å². The Morgan fingerprint density at radius 2 is 2.06 bits per heavy atom. The van der Waals surface area contributed by atoms with Gasteiger partial charge in [-0.15, -0.1) is 0 Å². The topological polar surface area (TPSA) is 104 Å². The lowest BCUT2D eigenvalue weighted by Crippen LogP contribution is -2.11. The summed E-state index contributed by atoms with van der Waals surface area (Å²) in [6, 6.07) is 3.65. The average Bonchev–Trinajstić information content (AvgIpc) is 2.16. The van der Waals surface area contributed by atoms with Crippen molar-refractivity contribution in [3.05, 3.63) is 23.8 Å². The summed E-state index contributed by atoms with van der Waals surface area (Å²) in [7, 11) is -4.44. The van der Waals surface area contributed by atoms with E-state index in [0.717, 1.165) is 6.07 Å². The van der Waals surface area contributed by atoms with Gasteiger partial charge in [0.25, 0.3) is 10.1 Å². The minimum absolute atomic E-state index is 0.0972. The second kappa shape index (κ2) is 4.50. The quantitative estimate of drug-likeness (QED) is 0.685. The van der Waals surface area contributed by atoms with Crippen LogP contribution >= 0.6 is 0 Å². The number of carboxylic acid groups (broad SMARTS) is 1. The van der Waals surface area contributed by atoms with Crippen LogP contribution in [0.3, 0.4) is 0 Å². The van der Waals surface area contributed by atoms with Gasteiger partial charge in [0.15, 0.2) is 0 Å². The van der Waals surface area contributed by atoms with Gasteiger partial charge in [-0.1, -0.05) is 6.07 Å². The molecule has 1 aromatic rings. The van der Waals surface area contributed by atoms with Crippen molar-refractivity contribution in [3.8, 4) is 0 Å². The predicted octanol–water partition coefficient (Wildman–Crippen LogP) is 1.06. The number of carbonyl (C=O) groups is 1. The lowest BCUT2D eigenvalue weighted by atomic mass is 10.2. The molecule has 1 aromatic carbocycles. The largest absolute Gasteiger partial charge is 0.478 e. The molecule has 0 aliphatic carbocycles. The third-order valence-electron chi connectivity index (χ3n) is 1.89. The molecule has 0 fully saturated rings. The molecule has 0 atom stereocenters. The van der Waals surface area contributed by atoms with E-state index >= 15 is 0 Å². The Morgan fingerprint density at radius 3 is 2.50 bits per heavy atom. The first-order valence-electron chi connectivity index (χ1n) is 4.45. The summed E-state index contributed by atoms with van der Waals surface area (Å²) in [5, 5.41) is 11.5. The zero-order valence-electron chi connectivity index (χ0n) is 8.47. The monoisotopic (exact) mass is 245 g/mol. The first-order valence-corrected chi connectivity index (χ1v) is 5.89. The fourth-order valence-electron chi connectivity index (χ4n) is 1.28. The van der Waals surface area contributed by atoms with Crippen LogP contribution in [0.4, 0.5) is 5.69 Å². The molecule has 0 aliphatic heterocycles. The number of rotatable bonds is 4. The lowest BCUT2D eigenvalue weighted by Gasteiger charge is -2.11. The van der Waals surface area contributed by atoms with Crippen LogP contribution < -0.4 is 5.32 Å². The highest BCUT2D eigenvalue weighted by Crippen LogP contribution is 2.25. The van der Waals surface area contributed by atoms with Gasteiger partial charge >= 0.3 is 5.97 Å². The molecule has 88 valence electrons. The van der Waals surface area contributed by atoms with Crippen LogP contribution in [0.15, 0.2) is 23.1 Å². The minimum Gasteiger partial charge on any atom is -0.478 e. The van der Waals surface area contributed by atoms with Crippen LogP contribution in [-0.4, -0.2) is 30.6 Å². The highest BCUT2D eigenvalue weighted by Gasteiger charge is 2.20. The number of anilines is 1. The molecule has 0 unspecified atom stereocenters. The van der Waals surface area contributed by atoms with E-state index in [4.69, 9.17) is 9.66 Å². The van der Waals surface area contributed by atoms with Crippen molar-refractivity contribution in [2.24, 2.45) is 0 Å². The van der Waals surface area contributed by atoms with Crippen molar-refractivity contribution in [1.29, 1.82) is 0 Å². The molecular weight excluding hydrogens is 234 g/mol. The van der Waals surface area contributed by atoms with Crippen LogP contribution in [0.25, 0.3) is 0 Å². The van der Waals surface area contributed by atoms with E-state index in [1.807, 2.05) is 0 Å². The summed E-state index contributed by atoms with van der Waals surface area (Å²) in [5.41, 5.74) is -0.294. The third kappa shape index (κ3) is 2.50. The number of hydrogen-bond donors (Lipinski definition) is 3. The number of carboxylic acids is 1. The lowest BCUT2D eigenvalue weighted by molar-refractivity contribution is 0.0697. The molecule has 0 spiro atoms. The van der Waals surface area contributed by atoms with Crippen LogP contribution in [0.5, 0.6) is 0 Å². The minimum atomic E-state index is -4.44. The number of aromatic carboxylic acids is 1. The Morgan fingerprint density at radius 1 is 1.44 bits per heavy atom. The first kappa shape index (κ1) is 12.5. The van der Waals surface area contributed by atoms with Crippen molar-refractivity contribution >= 4 is 21.8 Å². The molecule has 0 aliphatic rings. The van der Waals surface area contributed by atoms with E-state index < -0.39 is 21.0 Å². The van der Waals surface area contributed by atoms with Gasteiger partial charge in [-0.2, -0.15) is 8.42 Å². The molecule has 0 radical (unpaired) electrons. The fourth-order valence-corrected chi connectivity index (χ4v) is 1.97. The molecule has 0 bridgehead atoms. The molecule has 6 nitrogen and oxygen atoms in total. The SMILES string of the molecule is CCNc1c(C(=O)O)cccc1S(=O)(=O)O. The summed E-state index contributed by atoms with van der Waals surface area (Å²) in [6.07, 6.45) is 0. The Labute approximate surface area is 92.7 Å². The van der Waals surface area contributed by atoms with Gasteiger partial charge in [0.2, 0.25) is 0 Å². The number of nitrogens with one attached hydrogen (secondary N) is 1. The Balaban J connectivity index is 3.51. The Hall–Kier alpha value is -1.60. The summed E-state index contributed by atoms with van der Waals surface area (Å²) in [6.45, 7) is 2.03. The molecule has 0 amide bonds. The molecule has 7 heteroatoms. The summed E-state index contributed by atoms with van der Waals surface area (Å²) >= 11 is 0. The molecule has 16 heavy (non-hydrogen) atoms. The molecule has 1 rings (SSSR count). The molecule has 3 N–H and O–H groups in total. The van der Waals surface area contributed by atoms with E-state index in [1.165, 1.54) is 12.1 Å². The second-order valence-electron chi connectivity index (χ2n) is 2.99. The number of hydrogen-bond acceptors (Lipinski definition) is 4. The van der Waals surface area contributed by atoms with Crippen molar-refractivity contribution in [1.82, 2.24) is 0 Å². The highest BCUT2D eigenvalue weighted by molar-refractivity contribution is 7.86. The summed E-state index contributed by atoms with van der Waals surface area (Å²) in [5.74, 6) is -1.26. The van der Waals surface area contributed by atoms with Gasteiger partial charge in [-0.25, -0.2) is 4.79 Å². The van der Waals surface area contributed by atoms with E-state index in [0.29, 0.717) is 6.54 Å². The smallest absolute Gasteiger partial charge is 0.337 e. The summed E-state index contributed by atoms with van der Waals surface area (Å²) in [4.78, 5) is 10.4. The van der Waals surface area contributed by atoms with Crippen LogP contribution in [0, 0.1) is 0 Å². The van der Waals surface area contributed by atoms with E-state index in [1.54, 1.807) is 6.92 Å². The normalized spacial score (nSPS) is 11.1. The zero-order chi connectivity index (χ0) is 12.3. The molecule has 0 aromatic heterocycles. The standard InChI is InChI=1S/C9H11NO5S/c1-2-10-8-6(9(11)12)4-3-5-7(8)16(13,14)15/h3-5,10H,2H2,1H3,(H,11,12)(H,13,14,15). The maximum absolute atomic E-state index is 11.0. The first-order chi connectivity index (χ1) is 7.38. The molecular formula is C9H11NO5S. The van der Waals surface area contributed by atoms with Gasteiger partial charge in [-0.05, 0) is 19.1 Å². The number of para-hydroxylation sites is 1.